The Labute approximate surface area is 76.0 Å². The van der Waals surface area contributed by atoms with Crippen molar-refractivity contribution in [2.45, 2.75) is 0 Å². The molecule has 0 rings (SSSR count). The third kappa shape index (κ3) is 8.11. The summed E-state index contributed by atoms with van der Waals surface area (Å²) in [6, 6.07) is 0. The second-order valence-corrected chi connectivity index (χ2v) is 6.67. The standard InChI is InChI=1S/C2H6O8S3/c1-11(3,4)9-13(7,8)10-12(2,5)6/h1-2H3. The first-order valence-corrected chi connectivity index (χ1v) is 7.45. The molecule has 80 valence electrons. The quantitative estimate of drug-likeness (QED) is 0.575. The zero-order valence-corrected chi connectivity index (χ0v) is 8.94. The van der Waals surface area contributed by atoms with Gasteiger partial charge in [-0.25, -0.2) is 0 Å². The summed E-state index contributed by atoms with van der Waals surface area (Å²) in [5, 5.41) is 0. The molecule has 0 aliphatic carbocycles. The normalized spacial score (nSPS) is 14.3. The predicted octanol–water partition coefficient (Wildman–Crippen LogP) is -1.82. The molecule has 13 heavy (non-hydrogen) atoms. The molecule has 0 aromatic carbocycles. The van der Waals surface area contributed by atoms with Crippen molar-refractivity contribution in [2.24, 2.45) is 0 Å². The number of rotatable bonds is 4. The first kappa shape index (κ1) is 12.8. The van der Waals surface area contributed by atoms with Gasteiger partial charge in [0.2, 0.25) is 0 Å². The Morgan fingerprint density at radius 3 is 1.08 bits per heavy atom. The van der Waals surface area contributed by atoms with Crippen molar-refractivity contribution >= 4 is 30.6 Å². The fraction of sp³-hybridized carbons (Fsp3) is 1.00. The molecule has 0 aliphatic rings. The molecule has 0 aromatic rings. The maximum atomic E-state index is 10.5. The van der Waals surface area contributed by atoms with E-state index in [0.717, 1.165) is 0 Å². The van der Waals surface area contributed by atoms with Gasteiger partial charge in [0.05, 0.1) is 12.5 Å². The molecular formula is C2H6O8S3. The predicted molar refractivity (Wildman–Crippen MR) is 40.8 cm³/mol. The lowest BCUT2D eigenvalue weighted by molar-refractivity contribution is 0.390. The van der Waals surface area contributed by atoms with E-state index in [1.807, 2.05) is 0 Å². The first-order valence-electron chi connectivity index (χ1n) is 2.48. The van der Waals surface area contributed by atoms with Gasteiger partial charge in [0, 0.05) is 0 Å². The molecular weight excluding hydrogens is 248 g/mol. The Bertz CT molecular complexity index is 421. The first-order chi connectivity index (χ1) is 5.41. The van der Waals surface area contributed by atoms with Crippen LogP contribution in [-0.2, 0) is 37.9 Å². The highest BCUT2D eigenvalue weighted by Crippen LogP contribution is 2.04. The summed E-state index contributed by atoms with van der Waals surface area (Å²) in [7, 11) is -13.7. The molecule has 0 fully saturated rings. The maximum Gasteiger partial charge on any atom is 0.429 e. The third-order valence-electron chi connectivity index (χ3n) is 0.414. The van der Waals surface area contributed by atoms with E-state index >= 15 is 0 Å². The molecule has 0 aliphatic heterocycles. The highest BCUT2D eigenvalue weighted by Gasteiger charge is 2.24. The SMILES string of the molecule is CS(=O)(=O)OS(=O)(=O)OS(C)(=O)=O. The van der Waals surface area contributed by atoms with Crippen molar-refractivity contribution < 1.29 is 32.5 Å². The van der Waals surface area contributed by atoms with Crippen molar-refractivity contribution in [3.05, 3.63) is 0 Å². The van der Waals surface area contributed by atoms with E-state index in [0.29, 0.717) is 12.5 Å². The van der Waals surface area contributed by atoms with E-state index in [9.17, 15) is 25.3 Å². The lowest BCUT2D eigenvalue weighted by atomic mass is 12.0. The zero-order valence-electron chi connectivity index (χ0n) is 6.49. The Balaban J connectivity index is 4.86. The van der Waals surface area contributed by atoms with Crippen molar-refractivity contribution in [2.75, 3.05) is 12.5 Å². The zero-order chi connectivity index (χ0) is 10.9. The lowest BCUT2D eigenvalue weighted by Crippen LogP contribution is -2.18. The van der Waals surface area contributed by atoms with Crippen molar-refractivity contribution in [3.63, 3.8) is 0 Å². The van der Waals surface area contributed by atoms with Crippen LogP contribution in [0.1, 0.15) is 0 Å². The maximum absolute atomic E-state index is 10.5. The van der Waals surface area contributed by atoms with Crippen LogP contribution in [0.3, 0.4) is 0 Å². The van der Waals surface area contributed by atoms with Gasteiger partial charge >= 0.3 is 10.4 Å². The molecule has 0 amide bonds. The molecule has 0 bridgehead atoms. The van der Waals surface area contributed by atoms with Crippen molar-refractivity contribution in [1.29, 1.82) is 0 Å². The lowest BCUT2D eigenvalue weighted by Gasteiger charge is -1.99. The van der Waals surface area contributed by atoms with Crippen LogP contribution < -0.4 is 0 Å². The van der Waals surface area contributed by atoms with Crippen LogP contribution in [0.5, 0.6) is 0 Å². The van der Waals surface area contributed by atoms with E-state index in [4.69, 9.17) is 0 Å². The Kier molecular flexibility index (Phi) is 3.43. The fourth-order valence-electron chi connectivity index (χ4n) is 0.314. The molecule has 0 atom stereocenters. The van der Waals surface area contributed by atoms with Crippen LogP contribution in [0, 0.1) is 0 Å². The van der Waals surface area contributed by atoms with Gasteiger partial charge in [-0.15, -0.1) is 7.26 Å². The summed E-state index contributed by atoms with van der Waals surface area (Å²) >= 11 is 0. The van der Waals surface area contributed by atoms with Gasteiger partial charge in [-0.2, -0.15) is 25.3 Å². The summed E-state index contributed by atoms with van der Waals surface area (Å²) < 4.78 is 68.6. The van der Waals surface area contributed by atoms with Crippen LogP contribution in [-0.4, -0.2) is 37.8 Å². The van der Waals surface area contributed by atoms with Crippen LogP contribution in [0.4, 0.5) is 0 Å². The largest absolute Gasteiger partial charge is 0.429 e. The van der Waals surface area contributed by atoms with E-state index in [2.05, 4.69) is 7.26 Å². The summed E-state index contributed by atoms with van der Waals surface area (Å²) in [5.41, 5.74) is 0. The number of hydrogen-bond donors (Lipinski definition) is 0. The molecule has 0 unspecified atom stereocenters. The Morgan fingerprint density at radius 1 is 0.692 bits per heavy atom. The summed E-state index contributed by atoms with van der Waals surface area (Å²) in [5.74, 6) is 0. The molecule has 0 spiro atoms. The Hall–Kier alpha value is -0.230. The van der Waals surface area contributed by atoms with E-state index in [-0.39, 0.29) is 0 Å². The minimum absolute atomic E-state index is 0.427. The molecule has 0 saturated heterocycles. The topological polar surface area (TPSA) is 121 Å². The molecule has 0 radical (unpaired) electrons. The van der Waals surface area contributed by atoms with Gasteiger partial charge < -0.3 is 0 Å². The molecule has 0 aromatic heterocycles. The van der Waals surface area contributed by atoms with Crippen LogP contribution in [0.15, 0.2) is 0 Å². The minimum Gasteiger partial charge on any atom is -0.199 e. The number of hydrogen-bond acceptors (Lipinski definition) is 8. The smallest absolute Gasteiger partial charge is 0.199 e. The minimum atomic E-state index is -5.07. The highest BCUT2D eigenvalue weighted by atomic mass is 32.3. The molecule has 0 saturated carbocycles. The second-order valence-electron chi connectivity index (χ2n) is 1.95. The van der Waals surface area contributed by atoms with Crippen LogP contribution >= 0.6 is 0 Å². The van der Waals surface area contributed by atoms with Crippen molar-refractivity contribution in [3.8, 4) is 0 Å². The highest BCUT2D eigenvalue weighted by molar-refractivity contribution is 8.02. The molecule has 0 heterocycles. The van der Waals surface area contributed by atoms with Gasteiger partial charge in [0.1, 0.15) is 0 Å². The summed E-state index contributed by atoms with van der Waals surface area (Å²) in [6.45, 7) is 0. The van der Waals surface area contributed by atoms with Crippen LogP contribution in [0.25, 0.3) is 0 Å². The Morgan fingerprint density at radius 2 is 0.923 bits per heavy atom. The van der Waals surface area contributed by atoms with Gasteiger partial charge in [-0.05, 0) is 0 Å². The summed E-state index contributed by atoms with van der Waals surface area (Å²) in [4.78, 5) is 0. The van der Waals surface area contributed by atoms with Gasteiger partial charge in [0.15, 0.2) is 0 Å². The molecule has 0 N–H and O–H groups in total. The van der Waals surface area contributed by atoms with Gasteiger partial charge in [-0.1, -0.05) is 0 Å². The molecule has 8 nitrogen and oxygen atoms in total. The van der Waals surface area contributed by atoms with E-state index in [1.54, 1.807) is 0 Å². The summed E-state index contributed by atoms with van der Waals surface area (Å²) in [6.07, 6.45) is 0.854. The average molecular weight is 254 g/mol. The average Bonchev–Trinajstić information content (AvgIpc) is 1.43. The molecule has 11 heteroatoms. The second kappa shape index (κ2) is 3.49. The third-order valence-corrected chi connectivity index (χ3v) is 3.72. The van der Waals surface area contributed by atoms with E-state index in [1.165, 1.54) is 0 Å². The van der Waals surface area contributed by atoms with E-state index < -0.39 is 30.6 Å². The fourth-order valence-corrected chi connectivity index (χ4v) is 3.03. The van der Waals surface area contributed by atoms with Crippen LogP contribution in [0.2, 0.25) is 0 Å². The van der Waals surface area contributed by atoms with Gasteiger partial charge in [0.25, 0.3) is 20.2 Å². The van der Waals surface area contributed by atoms with Crippen molar-refractivity contribution in [1.82, 2.24) is 0 Å². The van der Waals surface area contributed by atoms with Gasteiger partial charge in [-0.3, -0.25) is 0 Å². The monoisotopic (exact) mass is 254 g/mol.